The fourth-order valence-electron chi connectivity index (χ4n) is 5.52. The van der Waals surface area contributed by atoms with Gasteiger partial charge in [-0.3, -0.25) is 9.69 Å². The molecule has 0 radical (unpaired) electrons. The molecule has 0 aromatic carbocycles. The summed E-state index contributed by atoms with van der Waals surface area (Å²) >= 11 is 4.67. The van der Waals surface area contributed by atoms with Gasteiger partial charge in [0.25, 0.3) is 5.91 Å². The molecule has 2 bridgehead atoms. The average Bonchev–Trinajstić information content (AvgIpc) is 3.14. The minimum Gasteiger partial charge on any atom is -0.484 e. The van der Waals surface area contributed by atoms with Crippen LogP contribution < -0.4 is 4.90 Å². The van der Waals surface area contributed by atoms with Crippen LogP contribution in [0, 0.1) is 11.8 Å². The molecule has 0 saturated heterocycles. The molecule has 1 heterocycles. The van der Waals surface area contributed by atoms with E-state index in [-0.39, 0.29) is 12.5 Å². The number of allylic oxidation sites excluding steroid dienone is 5. The van der Waals surface area contributed by atoms with Crippen molar-refractivity contribution in [3.05, 3.63) is 59.0 Å². The Kier molecular flexibility index (Phi) is 9.32. The van der Waals surface area contributed by atoms with Crippen molar-refractivity contribution in [3.8, 4) is 0 Å². The molecule has 0 N–H and O–H groups in total. The van der Waals surface area contributed by atoms with Gasteiger partial charge < -0.3 is 4.74 Å². The zero-order valence-corrected chi connectivity index (χ0v) is 21.6. The molecule has 1 fully saturated rings. The molecule has 1 aromatic rings. The third kappa shape index (κ3) is 6.78. The lowest BCUT2D eigenvalue weighted by atomic mass is 9.89. The number of aromatic nitrogens is 1. The molecule has 4 aliphatic rings. The maximum absolute atomic E-state index is 13.5. The van der Waals surface area contributed by atoms with Gasteiger partial charge in [-0.15, -0.1) is 0 Å². The summed E-state index contributed by atoms with van der Waals surface area (Å²) in [6, 6.07) is 5.75. The van der Waals surface area contributed by atoms with Gasteiger partial charge in [0.05, 0.1) is 0 Å². The maximum atomic E-state index is 13.5. The Bertz CT molecular complexity index is 921. The molecule has 4 nitrogen and oxygen atoms in total. The number of pyridine rings is 1. The van der Waals surface area contributed by atoms with E-state index in [1.54, 1.807) is 6.20 Å². The number of ether oxygens (including phenoxy) is 1. The van der Waals surface area contributed by atoms with Crippen LogP contribution in [0.5, 0.6) is 0 Å². The smallest absolute Gasteiger partial charge is 0.266 e. The van der Waals surface area contributed by atoms with Crippen LogP contribution in [0.15, 0.2) is 59.0 Å². The predicted octanol–water partition coefficient (Wildman–Crippen LogP) is 7.05. The lowest BCUT2D eigenvalue weighted by Crippen LogP contribution is -2.39. The second-order valence-corrected chi connectivity index (χ2v) is 10.6. The van der Waals surface area contributed by atoms with E-state index in [2.05, 4.69) is 36.7 Å². The topological polar surface area (TPSA) is 42.4 Å². The molecule has 1 saturated carbocycles. The molecule has 2 atom stereocenters. The van der Waals surface area contributed by atoms with Crippen LogP contribution in [0.25, 0.3) is 0 Å². The Morgan fingerprint density at radius 2 is 2.06 bits per heavy atom. The highest BCUT2D eigenvalue weighted by atomic mass is 32.1. The van der Waals surface area contributed by atoms with Crippen LogP contribution >= 0.6 is 12.6 Å². The molecule has 0 spiro atoms. The molecular weight excluding hydrogens is 440 g/mol. The summed E-state index contributed by atoms with van der Waals surface area (Å²) < 4.78 is 6.16. The second kappa shape index (κ2) is 12.6. The van der Waals surface area contributed by atoms with Gasteiger partial charge >= 0.3 is 0 Å². The first-order valence-corrected chi connectivity index (χ1v) is 13.8. The quantitative estimate of drug-likeness (QED) is 0.304. The number of amides is 1. The van der Waals surface area contributed by atoms with Crippen molar-refractivity contribution >= 4 is 24.4 Å². The summed E-state index contributed by atoms with van der Waals surface area (Å²) in [5.41, 5.74) is 4.37. The Morgan fingerprint density at radius 1 is 1.18 bits per heavy atom. The highest BCUT2D eigenvalue weighted by molar-refractivity contribution is 7.80. The number of hydrogen-bond acceptors (Lipinski definition) is 4. The average molecular weight is 481 g/mol. The Balaban J connectivity index is 1.45. The Morgan fingerprint density at radius 3 is 2.88 bits per heavy atom. The number of nitrogens with zero attached hydrogens (tertiary/aromatic N) is 2. The first-order valence-electron chi connectivity index (χ1n) is 13.2. The molecule has 4 aliphatic carbocycles. The van der Waals surface area contributed by atoms with Crippen LogP contribution in [0.1, 0.15) is 77.6 Å². The van der Waals surface area contributed by atoms with Gasteiger partial charge in [0.1, 0.15) is 11.6 Å². The van der Waals surface area contributed by atoms with Crippen LogP contribution in [-0.4, -0.2) is 29.8 Å². The Labute approximate surface area is 211 Å². The second-order valence-electron chi connectivity index (χ2n) is 10.2. The van der Waals surface area contributed by atoms with Gasteiger partial charge in [0.15, 0.2) is 6.61 Å². The highest BCUT2D eigenvalue weighted by Gasteiger charge is 2.26. The molecule has 34 heavy (non-hydrogen) atoms. The fourth-order valence-corrected chi connectivity index (χ4v) is 5.77. The van der Waals surface area contributed by atoms with E-state index in [9.17, 15) is 4.79 Å². The number of rotatable bonds is 9. The number of fused-ring (bicyclic) bond motifs is 4. The summed E-state index contributed by atoms with van der Waals surface area (Å²) in [6.07, 6.45) is 19.5. The third-order valence-electron chi connectivity index (χ3n) is 7.51. The molecule has 2 unspecified atom stereocenters. The number of carbonyl (C=O) groups excluding carboxylic acids is 1. The fraction of sp³-hybridized carbons (Fsp3) is 0.586. The molecule has 184 valence electrons. The third-order valence-corrected chi connectivity index (χ3v) is 8.02. The van der Waals surface area contributed by atoms with Crippen molar-refractivity contribution in [2.45, 2.75) is 77.6 Å². The van der Waals surface area contributed by atoms with Gasteiger partial charge in [0.2, 0.25) is 0 Å². The molecular formula is C29H40N2O2S. The molecule has 0 aliphatic heterocycles. The monoisotopic (exact) mass is 480 g/mol. The zero-order chi connectivity index (χ0) is 23.8. The minimum absolute atomic E-state index is 0.0307. The van der Waals surface area contributed by atoms with E-state index in [4.69, 9.17) is 4.74 Å². The van der Waals surface area contributed by atoms with Crippen molar-refractivity contribution in [2.24, 2.45) is 11.8 Å². The van der Waals surface area contributed by atoms with Crippen molar-refractivity contribution in [3.63, 3.8) is 0 Å². The summed E-state index contributed by atoms with van der Waals surface area (Å²) in [5, 5.41) is 0. The number of hydrogen-bond donors (Lipinski definition) is 1. The lowest BCUT2D eigenvalue weighted by molar-refractivity contribution is -0.122. The summed E-state index contributed by atoms with van der Waals surface area (Å²) in [5.74, 6) is 3.24. The van der Waals surface area contributed by atoms with Crippen LogP contribution in [0.2, 0.25) is 0 Å². The number of anilines is 1. The van der Waals surface area contributed by atoms with Gasteiger partial charge in [-0.1, -0.05) is 43.1 Å². The van der Waals surface area contributed by atoms with E-state index in [0.29, 0.717) is 24.2 Å². The van der Waals surface area contributed by atoms with Crippen molar-refractivity contribution in [1.29, 1.82) is 0 Å². The first-order chi connectivity index (χ1) is 16.6. The van der Waals surface area contributed by atoms with Gasteiger partial charge in [0, 0.05) is 12.7 Å². The van der Waals surface area contributed by atoms with E-state index in [1.165, 1.54) is 61.7 Å². The van der Waals surface area contributed by atoms with Crippen LogP contribution in [0.3, 0.4) is 0 Å². The van der Waals surface area contributed by atoms with Crippen LogP contribution in [-0.2, 0) is 9.53 Å². The van der Waals surface area contributed by atoms with Crippen molar-refractivity contribution < 1.29 is 9.53 Å². The van der Waals surface area contributed by atoms with E-state index in [1.807, 2.05) is 23.1 Å². The maximum Gasteiger partial charge on any atom is 0.266 e. The standard InChI is InChI=1S/C29H40N2O2S/c1-22-16-26-13-9-12-25(22)18-27(26)33-20-29(32)31(28-14-7-8-15-30-28)19-24(21-34)17-23-10-5-3-2-4-6-11-23/h7-8,10,14-15,18,22,24,34H,2-6,9,11-13,16-17,19-21H2,1H3/b23-10-. The Hall–Kier alpha value is -2.01. The van der Waals surface area contributed by atoms with Gasteiger partial charge in [-0.25, -0.2) is 4.98 Å². The van der Waals surface area contributed by atoms with E-state index in [0.717, 1.165) is 37.2 Å². The minimum atomic E-state index is -0.0307. The van der Waals surface area contributed by atoms with Gasteiger partial charge in [-0.2, -0.15) is 12.6 Å². The molecule has 1 amide bonds. The summed E-state index contributed by atoms with van der Waals surface area (Å²) in [6.45, 7) is 2.96. The summed E-state index contributed by atoms with van der Waals surface area (Å²) in [4.78, 5) is 19.8. The number of carbonyl (C=O) groups is 1. The lowest BCUT2D eigenvalue weighted by Gasteiger charge is -2.28. The molecule has 5 rings (SSSR count). The molecule has 1 aromatic heterocycles. The summed E-state index contributed by atoms with van der Waals surface area (Å²) in [7, 11) is 0. The van der Waals surface area contributed by atoms with Gasteiger partial charge in [-0.05, 0) is 99.2 Å². The SMILES string of the molecule is CC1CC2=C(OCC(=O)N(CC(CS)C/C3=C\CCCCCC3)c3ccccn3)C=C1CCC2. The van der Waals surface area contributed by atoms with E-state index < -0.39 is 0 Å². The van der Waals surface area contributed by atoms with Crippen LogP contribution in [0.4, 0.5) is 5.82 Å². The first kappa shape index (κ1) is 25.1. The van der Waals surface area contributed by atoms with E-state index >= 15 is 0 Å². The largest absolute Gasteiger partial charge is 0.484 e. The number of thiol groups is 1. The predicted molar refractivity (Wildman–Crippen MR) is 143 cm³/mol. The highest BCUT2D eigenvalue weighted by Crippen LogP contribution is 2.38. The van der Waals surface area contributed by atoms with Crippen molar-refractivity contribution in [1.82, 2.24) is 4.98 Å². The normalized spacial score (nSPS) is 23.2. The molecule has 5 heteroatoms. The zero-order valence-electron chi connectivity index (χ0n) is 20.7. The van der Waals surface area contributed by atoms with Crippen molar-refractivity contribution in [2.75, 3.05) is 23.8 Å².